The molecule has 0 aliphatic heterocycles. The van der Waals surface area contributed by atoms with Crippen molar-refractivity contribution in [3.63, 3.8) is 0 Å². The average Bonchev–Trinajstić information content (AvgIpc) is 2.99. The highest BCUT2D eigenvalue weighted by atomic mass is 32.1. The molecule has 5 heteroatoms. The van der Waals surface area contributed by atoms with E-state index in [1.54, 1.807) is 36.4 Å². The van der Waals surface area contributed by atoms with Gasteiger partial charge in [-0.05, 0) is 36.1 Å². The number of hydrogen-bond acceptors (Lipinski definition) is 4. The Bertz CT molecular complexity index is 608. The Balaban J connectivity index is 2.19. The summed E-state index contributed by atoms with van der Waals surface area (Å²) < 4.78 is 0. The zero-order chi connectivity index (χ0) is 15.4. The number of nitrogens with zero attached hydrogens (tertiary/aromatic N) is 1. The molecule has 0 saturated carbocycles. The van der Waals surface area contributed by atoms with Crippen LogP contribution in [0.25, 0.3) is 0 Å². The first-order valence-corrected chi connectivity index (χ1v) is 7.82. The topological polar surface area (TPSA) is 58.4 Å². The SMILES string of the molecule is CCC(Nc1ccc(C(=O)N(C)C)cc1N)c1cccs1. The first kappa shape index (κ1) is 15.4. The van der Waals surface area contributed by atoms with Gasteiger partial charge in [-0.1, -0.05) is 13.0 Å². The third-order valence-electron chi connectivity index (χ3n) is 3.33. The lowest BCUT2D eigenvalue weighted by Gasteiger charge is -2.19. The van der Waals surface area contributed by atoms with Crippen LogP contribution in [0.3, 0.4) is 0 Å². The number of nitrogens with two attached hydrogens (primary N) is 1. The molecule has 0 fully saturated rings. The summed E-state index contributed by atoms with van der Waals surface area (Å²) in [4.78, 5) is 14.8. The summed E-state index contributed by atoms with van der Waals surface area (Å²) in [6.45, 7) is 2.14. The summed E-state index contributed by atoms with van der Waals surface area (Å²) >= 11 is 1.73. The summed E-state index contributed by atoms with van der Waals surface area (Å²) in [6, 6.07) is 9.82. The maximum Gasteiger partial charge on any atom is 0.253 e. The van der Waals surface area contributed by atoms with E-state index >= 15 is 0 Å². The van der Waals surface area contributed by atoms with E-state index in [1.165, 1.54) is 4.88 Å². The molecule has 3 N–H and O–H groups in total. The van der Waals surface area contributed by atoms with Gasteiger partial charge in [-0.3, -0.25) is 4.79 Å². The van der Waals surface area contributed by atoms with Gasteiger partial charge in [0, 0.05) is 24.5 Å². The highest BCUT2D eigenvalue weighted by Gasteiger charge is 2.14. The quantitative estimate of drug-likeness (QED) is 0.830. The zero-order valence-corrected chi connectivity index (χ0v) is 13.4. The van der Waals surface area contributed by atoms with Crippen LogP contribution in [-0.4, -0.2) is 24.9 Å². The first-order chi connectivity index (χ1) is 10.0. The van der Waals surface area contributed by atoms with Gasteiger partial charge in [0.25, 0.3) is 5.91 Å². The maximum atomic E-state index is 11.9. The van der Waals surface area contributed by atoms with Crippen LogP contribution in [-0.2, 0) is 0 Å². The largest absolute Gasteiger partial charge is 0.397 e. The van der Waals surface area contributed by atoms with Crippen molar-refractivity contribution in [2.45, 2.75) is 19.4 Å². The summed E-state index contributed by atoms with van der Waals surface area (Å²) in [5.41, 5.74) is 8.15. The molecule has 0 aliphatic rings. The summed E-state index contributed by atoms with van der Waals surface area (Å²) in [6.07, 6.45) is 0.971. The highest BCUT2D eigenvalue weighted by Crippen LogP contribution is 2.29. The number of nitrogen functional groups attached to an aromatic ring is 1. The van der Waals surface area contributed by atoms with E-state index in [-0.39, 0.29) is 11.9 Å². The lowest BCUT2D eigenvalue weighted by molar-refractivity contribution is 0.0827. The summed E-state index contributed by atoms with van der Waals surface area (Å²) in [5.74, 6) is -0.0430. The van der Waals surface area contributed by atoms with E-state index in [0.29, 0.717) is 11.3 Å². The van der Waals surface area contributed by atoms with Crippen molar-refractivity contribution >= 4 is 28.6 Å². The number of anilines is 2. The number of carbonyl (C=O) groups excluding carboxylic acids is 1. The third-order valence-corrected chi connectivity index (χ3v) is 4.32. The smallest absolute Gasteiger partial charge is 0.253 e. The second kappa shape index (κ2) is 6.63. The van der Waals surface area contributed by atoms with Crippen molar-refractivity contribution in [2.24, 2.45) is 0 Å². The van der Waals surface area contributed by atoms with Crippen LogP contribution in [0, 0.1) is 0 Å². The van der Waals surface area contributed by atoms with Gasteiger partial charge < -0.3 is 16.0 Å². The Morgan fingerprint density at radius 1 is 1.38 bits per heavy atom. The van der Waals surface area contributed by atoms with Gasteiger partial charge in [0.15, 0.2) is 0 Å². The van der Waals surface area contributed by atoms with Crippen LogP contribution >= 0.6 is 11.3 Å². The highest BCUT2D eigenvalue weighted by molar-refractivity contribution is 7.10. The van der Waals surface area contributed by atoms with Gasteiger partial charge >= 0.3 is 0 Å². The molecular weight excluding hydrogens is 282 g/mol. The summed E-state index contributed by atoms with van der Waals surface area (Å²) in [5, 5.41) is 5.53. The van der Waals surface area contributed by atoms with Crippen molar-refractivity contribution < 1.29 is 4.79 Å². The number of nitrogens with one attached hydrogen (secondary N) is 1. The first-order valence-electron chi connectivity index (χ1n) is 6.94. The molecule has 1 atom stereocenters. The number of amides is 1. The van der Waals surface area contributed by atoms with E-state index in [4.69, 9.17) is 5.73 Å². The van der Waals surface area contributed by atoms with E-state index in [2.05, 4.69) is 23.7 Å². The Morgan fingerprint density at radius 3 is 2.67 bits per heavy atom. The predicted molar refractivity (Wildman–Crippen MR) is 89.8 cm³/mol. The van der Waals surface area contributed by atoms with E-state index in [0.717, 1.165) is 12.1 Å². The molecule has 0 radical (unpaired) electrons. The minimum absolute atomic E-state index is 0.0430. The molecular formula is C16H21N3OS. The molecule has 0 bridgehead atoms. The van der Waals surface area contributed by atoms with E-state index in [9.17, 15) is 4.79 Å². The number of thiophene rings is 1. The second-order valence-corrected chi connectivity index (χ2v) is 6.10. The Hall–Kier alpha value is -2.01. The lowest BCUT2D eigenvalue weighted by Crippen LogP contribution is -2.21. The van der Waals surface area contributed by atoms with Gasteiger partial charge in [0.2, 0.25) is 0 Å². The van der Waals surface area contributed by atoms with Crippen LogP contribution in [0.2, 0.25) is 0 Å². The number of carbonyl (C=O) groups is 1. The van der Waals surface area contributed by atoms with Gasteiger partial charge in [-0.15, -0.1) is 11.3 Å². The Kier molecular flexibility index (Phi) is 4.85. The molecule has 2 aromatic rings. The Morgan fingerprint density at radius 2 is 2.14 bits per heavy atom. The van der Waals surface area contributed by atoms with Crippen LogP contribution in [0.1, 0.15) is 34.6 Å². The van der Waals surface area contributed by atoms with Crippen molar-refractivity contribution in [3.8, 4) is 0 Å². The Labute approximate surface area is 129 Å². The second-order valence-electron chi connectivity index (χ2n) is 5.12. The third kappa shape index (κ3) is 3.55. The fraction of sp³-hybridized carbons (Fsp3) is 0.312. The number of hydrogen-bond donors (Lipinski definition) is 2. The molecule has 1 aromatic carbocycles. The molecule has 0 saturated heterocycles. The van der Waals surface area contributed by atoms with Crippen molar-refractivity contribution in [1.82, 2.24) is 4.90 Å². The molecule has 112 valence electrons. The average molecular weight is 303 g/mol. The summed E-state index contributed by atoms with van der Waals surface area (Å²) in [7, 11) is 3.46. The predicted octanol–water partition coefficient (Wildman–Crippen LogP) is 3.60. The van der Waals surface area contributed by atoms with Gasteiger partial charge in [-0.25, -0.2) is 0 Å². The molecule has 1 aromatic heterocycles. The normalized spacial score (nSPS) is 12.0. The van der Waals surface area contributed by atoms with Gasteiger partial charge in [0.1, 0.15) is 0 Å². The molecule has 21 heavy (non-hydrogen) atoms. The lowest BCUT2D eigenvalue weighted by atomic mass is 10.1. The van der Waals surface area contributed by atoms with Crippen LogP contribution in [0.4, 0.5) is 11.4 Å². The number of rotatable bonds is 5. The minimum Gasteiger partial charge on any atom is -0.397 e. The molecule has 2 rings (SSSR count). The van der Waals surface area contributed by atoms with Gasteiger partial charge in [-0.2, -0.15) is 0 Å². The van der Waals surface area contributed by atoms with Crippen molar-refractivity contribution in [1.29, 1.82) is 0 Å². The van der Waals surface area contributed by atoms with Crippen LogP contribution in [0.5, 0.6) is 0 Å². The number of benzene rings is 1. The van der Waals surface area contributed by atoms with Gasteiger partial charge in [0.05, 0.1) is 17.4 Å². The minimum atomic E-state index is -0.0430. The molecule has 1 heterocycles. The molecule has 1 unspecified atom stereocenters. The fourth-order valence-electron chi connectivity index (χ4n) is 2.14. The molecule has 0 aliphatic carbocycles. The van der Waals surface area contributed by atoms with E-state index in [1.807, 2.05) is 18.2 Å². The van der Waals surface area contributed by atoms with Crippen molar-refractivity contribution in [2.75, 3.05) is 25.1 Å². The van der Waals surface area contributed by atoms with E-state index < -0.39 is 0 Å². The van der Waals surface area contributed by atoms with Crippen LogP contribution < -0.4 is 11.1 Å². The molecule has 4 nitrogen and oxygen atoms in total. The standard InChI is InChI=1S/C16H21N3OS/c1-4-13(15-6-5-9-21-15)18-14-8-7-11(10-12(14)17)16(20)19(2)3/h5-10,13,18H,4,17H2,1-3H3. The van der Waals surface area contributed by atoms with Crippen LogP contribution in [0.15, 0.2) is 35.7 Å². The molecule has 1 amide bonds. The molecule has 0 spiro atoms. The zero-order valence-electron chi connectivity index (χ0n) is 12.6. The fourth-order valence-corrected chi connectivity index (χ4v) is 3.00. The maximum absolute atomic E-state index is 11.9. The monoisotopic (exact) mass is 303 g/mol. The van der Waals surface area contributed by atoms with Crippen molar-refractivity contribution in [3.05, 3.63) is 46.2 Å².